The largest absolute Gasteiger partial charge is 0.356 e. The topological polar surface area (TPSA) is 71.0 Å². The van der Waals surface area contributed by atoms with E-state index in [9.17, 15) is 9.59 Å². The first kappa shape index (κ1) is 19.4. The lowest BCUT2D eigenvalue weighted by Gasteiger charge is -2.11. The van der Waals surface area contributed by atoms with Crippen molar-refractivity contribution in [2.24, 2.45) is 0 Å². The Morgan fingerprint density at radius 2 is 1.69 bits per heavy atom. The second kappa shape index (κ2) is 8.59. The highest BCUT2D eigenvalue weighted by Gasteiger charge is 2.12. The van der Waals surface area contributed by atoms with Crippen LogP contribution in [0.5, 0.6) is 0 Å². The van der Waals surface area contributed by atoms with Gasteiger partial charge in [0, 0.05) is 18.3 Å². The number of aryl methyl sites for hydroxylation is 2. The summed E-state index contributed by atoms with van der Waals surface area (Å²) in [4.78, 5) is 25.1. The highest BCUT2D eigenvalue weighted by Crippen LogP contribution is 2.14. The van der Waals surface area contributed by atoms with Crippen LogP contribution in [-0.4, -0.2) is 18.9 Å². The Bertz CT molecular complexity index is 1240. The minimum absolute atomic E-state index is 0.0813. The van der Waals surface area contributed by atoms with E-state index in [0.717, 1.165) is 21.0 Å². The number of benzene rings is 2. The average Bonchev–Trinajstić information content (AvgIpc) is 3.16. The summed E-state index contributed by atoms with van der Waals surface area (Å²) >= 11 is 3.16. The van der Waals surface area contributed by atoms with Gasteiger partial charge in [-0.15, -0.1) is 0 Å². The molecule has 2 heterocycles. The van der Waals surface area contributed by atoms with Gasteiger partial charge < -0.3 is 9.30 Å². The SMILES string of the molecule is O=c1c(Br)nn(CCn2ccc3ccccc32)c(=O)n1COCc1ccccc1. The number of ether oxygens (including phenoxy) is 1. The first-order valence-corrected chi connectivity index (χ1v) is 9.96. The Kier molecular flexibility index (Phi) is 5.73. The van der Waals surface area contributed by atoms with Crippen molar-refractivity contribution < 1.29 is 4.74 Å². The zero-order valence-electron chi connectivity index (χ0n) is 15.6. The second-order valence-electron chi connectivity index (χ2n) is 6.56. The summed E-state index contributed by atoms with van der Waals surface area (Å²) in [6.45, 7) is 1.05. The lowest BCUT2D eigenvalue weighted by molar-refractivity contribution is 0.0567. The van der Waals surface area contributed by atoms with E-state index in [1.165, 1.54) is 4.68 Å². The molecule has 0 fully saturated rings. The third-order valence-electron chi connectivity index (χ3n) is 4.65. The number of fused-ring (bicyclic) bond motifs is 1. The molecule has 0 spiro atoms. The number of nitrogens with zero attached hydrogens (tertiary/aromatic N) is 4. The van der Waals surface area contributed by atoms with Crippen molar-refractivity contribution in [1.29, 1.82) is 0 Å². The van der Waals surface area contributed by atoms with Crippen molar-refractivity contribution in [3.05, 3.63) is 97.9 Å². The molecule has 2 aromatic heterocycles. The van der Waals surface area contributed by atoms with Crippen molar-refractivity contribution in [2.75, 3.05) is 0 Å². The zero-order valence-corrected chi connectivity index (χ0v) is 17.2. The standard InChI is InChI=1S/C21H19BrN4O3/c22-19-20(27)25(15-29-14-16-6-2-1-3-7-16)21(28)26(23-19)13-12-24-11-10-17-8-4-5-9-18(17)24/h1-11H,12-15H2. The molecule has 7 nitrogen and oxygen atoms in total. The molecule has 0 bridgehead atoms. The highest BCUT2D eigenvalue weighted by molar-refractivity contribution is 9.10. The molecule has 2 aromatic carbocycles. The predicted molar refractivity (Wildman–Crippen MR) is 114 cm³/mol. The fourth-order valence-corrected chi connectivity index (χ4v) is 3.56. The van der Waals surface area contributed by atoms with Crippen LogP contribution in [-0.2, 0) is 31.2 Å². The maximum atomic E-state index is 12.8. The molecule has 0 aliphatic carbocycles. The Morgan fingerprint density at radius 3 is 2.52 bits per heavy atom. The summed E-state index contributed by atoms with van der Waals surface area (Å²) in [6, 6.07) is 19.6. The van der Waals surface area contributed by atoms with Gasteiger partial charge in [0.15, 0.2) is 4.60 Å². The summed E-state index contributed by atoms with van der Waals surface area (Å²) in [5, 5.41) is 5.23. The molecule has 0 atom stereocenters. The van der Waals surface area contributed by atoms with Crippen LogP contribution in [0.1, 0.15) is 5.56 Å². The van der Waals surface area contributed by atoms with E-state index in [4.69, 9.17) is 4.74 Å². The molecule has 0 saturated heterocycles. The van der Waals surface area contributed by atoms with Gasteiger partial charge in [0.2, 0.25) is 0 Å². The van der Waals surface area contributed by atoms with Crippen LogP contribution in [0.4, 0.5) is 0 Å². The molecule has 29 heavy (non-hydrogen) atoms. The number of halogens is 1. The van der Waals surface area contributed by atoms with Crippen molar-refractivity contribution in [3.63, 3.8) is 0 Å². The number of para-hydroxylation sites is 1. The van der Waals surface area contributed by atoms with Gasteiger partial charge in [-0.25, -0.2) is 14.0 Å². The summed E-state index contributed by atoms with van der Waals surface area (Å²) in [5.41, 5.74) is 1.04. The van der Waals surface area contributed by atoms with Gasteiger partial charge in [0.25, 0.3) is 5.56 Å². The third-order valence-corrected chi connectivity index (χ3v) is 5.14. The minimum Gasteiger partial charge on any atom is -0.356 e. The molecule has 4 aromatic rings. The number of hydrogen-bond acceptors (Lipinski definition) is 4. The van der Waals surface area contributed by atoms with E-state index in [-0.39, 0.29) is 11.3 Å². The Labute approximate surface area is 174 Å². The predicted octanol–water partition coefficient (Wildman–Crippen LogP) is 3.00. The number of hydrogen-bond donors (Lipinski definition) is 0. The van der Waals surface area contributed by atoms with E-state index < -0.39 is 11.2 Å². The molecule has 0 aliphatic heterocycles. The summed E-state index contributed by atoms with van der Waals surface area (Å²) < 4.78 is 10.1. The fraction of sp³-hybridized carbons (Fsp3) is 0.190. The average molecular weight is 455 g/mol. The quantitative estimate of drug-likeness (QED) is 0.430. The van der Waals surface area contributed by atoms with Gasteiger partial charge in [-0.05, 0) is 39.0 Å². The van der Waals surface area contributed by atoms with Crippen molar-refractivity contribution in [1.82, 2.24) is 18.9 Å². The zero-order chi connectivity index (χ0) is 20.2. The van der Waals surface area contributed by atoms with E-state index in [2.05, 4.69) is 25.6 Å². The van der Waals surface area contributed by atoms with Crippen LogP contribution >= 0.6 is 15.9 Å². The molecule has 0 radical (unpaired) electrons. The summed E-state index contributed by atoms with van der Waals surface area (Å²) in [6.07, 6.45) is 1.98. The molecule has 0 saturated carbocycles. The maximum Gasteiger partial charge on any atom is 0.349 e. The van der Waals surface area contributed by atoms with Gasteiger partial charge >= 0.3 is 5.69 Å². The van der Waals surface area contributed by atoms with Crippen LogP contribution in [0.2, 0.25) is 0 Å². The lowest BCUT2D eigenvalue weighted by Crippen LogP contribution is -2.42. The normalized spacial score (nSPS) is 11.2. The third kappa shape index (κ3) is 4.23. The van der Waals surface area contributed by atoms with Gasteiger partial charge in [-0.3, -0.25) is 4.79 Å². The highest BCUT2D eigenvalue weighted by atomic mass is 79.9. The molecule has 0 N–H and O–H groups in total. The molecular formula is C21H19BrN4O3. The molecule has 0 amide bonds. The van der Waals surface area contributed by atoms with Gasteiger partial charge in [0.1, 0.15) is 6.73 Å². The Morgan fingerprint density at radius 1 is 0.931 bits per heavy atom. The molecule has 148 valence electrons. The van der Waals surface area contributed by atoms with Crippen molar-refractivity contribution >= 4 is 26.8 Å². The van der Waals surface area contributed by atoms with Gasteiger partial charge in [-0.1, -0.05) is 48.5 Å². The first-order chi connectivity index (χ1) is 14.1. The first-order valence-electron chi connectivity index (χ1n) is 9.16. The molecular weight excluding hydrogens is 436 g/mol. The van der Waals surface area contributed by atoms with Crippen LogP contribution in [0.15, 0.2) is 81.1 Å². The van der Waals surface area contributed by atoms with Gasteiger partial charge in [-0.2, -0.15) is 5.10 Å². The van der Waals surface area contributed by atoms with Crippen LogP contribution in [0, 0.1) is 0 Å². The van der Waals surface area contributed by atoms with Crippen LogP contribution in [0.25, 0.3) is 10.9 Å². The van der Waals surface area contributed by atoms with Crippen LogP contribution in [0.3, 0.4) is 0 Å². The van der Waals surface area contributed by atoms with Crippen molar-refractivity contribution in [3.8, 4) is 0 Å². The van der Waals surface area contributed by atoms with E-state index in [0.29, 0.717) is 19.7 Å². The minimum atomic E-state index is -0.509. The number of rotatable bonds is 7. The van der Waals surface area contributed by atoms with E-state index in [1.807, 2.05) is 66.9 Å². The smallest absolute Gasteiger partial charge is 0.349 e. The Balaban J connectivity index is 1.51. The Hall–Kier alpha value is -2.97. The fourth-order valence-electron chi connectivity index (χ4n) is 3.16. The monoisotopic (exact) mass is 454 g/mol. The molecule has 0 aliphatic rings. The lowest BCUT2D eigenvalue weighted by atomic mass is 10.2. The van der Waals surface area contributed by atoms with Crippen molar-refractivity contribution in [2.45, 2.75) is 26.4 Å². The molecule has 0 unspecified atom stereocenters. The second-order valence-corrected chi connectivity index (χ2v) is 7.31. The van der Waals surface area contributed by atoms with Gasteiger partial charge in [0.05, 0.1) is 13.2 Å². The number of aromatic nitrogens is 4. The maximum absolute atomic E-state index is 12.8. The van der Waals surface area contributed by atoms with E-state index in [1.54, 1.807) is 0 Å². The van der Waals surface area contributed by atoms with Crippen LogP contribution < -0.4 is 11.2 Å². The summed E-state index contributed by atoms with van der Waals surface area (Å²) in [5.74, 6) is 0. The molecule has 8 heteroatoms. The van der Waals surface area contributed by atoms with E-state index >= 15 is 0 Å². The summed E-state index contributed by atoms with van der Waals surface area (Å²) in [7, 11) is 0. The molecule has 4 rings (SSSR count).